The number of urea groups is 1. The number of hydrogen-bond acceptors (Lipinski definition) is 4. The van der Waals surface area contributed by atoms with Crippen LogP contribution in [0.1, 0.15) is 12.5 Å². The van der Waals surface area contributed by atoms with E-state index in [1.165, 1.54) is 12.1 Å². The van der Waals surface area contributed by atoms with Crippen LogP contribution in [0.5, 0.6) is 0 Å². The zero-order chi connectivity index (χ0) is 19.1. The Morgan fingerprint density at radius 3 is 2.81 bits per heavy atom. The minimum atomic E-state index is -0.833. The van der Waals surface area contributed by atoms with Crippen LogP contribution in [0.15, 0.2) is 24.3 Å². The van der Waals surface area contributed by atoms with Gasteiger partial charge in [0.15, 0.2) is 0 Å². The third-order valence-electron chi connectivity index (χ3n) is 3.86. The van der Waals surface area contributed by atoms with Gasteiger partial charge in [-0.2, -0.15) is 0 Å². The highest BCUT2D eigenvalue weighted by Gasteiger charge is 2.34. The lowest BCUT2D eigenvalue weighted by Gasteiger charge is -2.27. The van der Waals surface area contributed by atoms with Gasteiger partial charge >= 0.3 is 6.03 Å². The number of carboxylic acid groups (broad SMARTS) is 1. The summed E-state index contributed by atoms with van der Waals surface area (Å²) in [4.78, 5) is 34.8. The van der Waals surface area contributed by atoms with Gasteiger partial charge in [-0.25, -0.2) is 9.18 Å². The van der Waals surface area contributed by atoms with Crippen LogP contribution in [0.25, 0.3) is 0 Å². The van der Waals surface area contributed by atoms with Gasteiger partial charge in [0.25, 0.3) is 5.97 Å². The van der Waals surface area contributed by atoms with Crippen molar-refractivity contribution < 1.29 is 28.6 Å². The lowest BCUT2D eigenvalue weighted by atomic mass is 10.1. The summed E-state index contributed by atoms with van der Waals surface area (Å²) in [5, 5.41) is 13.1. The number of benzene rings is 1. The van der Waals surface area contributed by atoms with E-state index in [1.54, 1.807) is 17.0 Å². The summed E-state index contributed by atoms with van der Waals surface area (Å²) in [5.41, 5.74) is 0.695. The Labute approximate surface area is 150 Å². The molecule has 142 valence electrons. The highest BCUT2D eigenvalue weighted by atomic mass is 19.1. The molecule has 26 heavy (non-hydrogen) atoms. The third-order valence-corrected chi connectivity index (χ3v) is 3.86. The van der Waals surface area contributed by atoms with E-state index in [4.69, 9.17) is 14.6 Å². The van der Waals surface area contributed by atoms with E-state index in [0.717, 1.165) is 6.92 Å². The van der Waals surface area contributed by atoms with E-state index in [1.807, 2.05) is 0 Å². The maximum Gasteiger partial charge on any atom is 0.317 e. The van der Waals surface area contributed by atoms with Crippen LogP contribution in [0, 0.1) is 11.7 Å². The second kappa shape index (κ2) is 9.14. The fourth-order valence-electron chi connectivity index (χ4n) is 2.73. The summed E-state index contributed by atoms with van der Waals surface area (Å²) in [6.45, 7) is 2.82. The fourth-order valence-corrected chi connectivity index (χ4v) is 2.73. The molecule has 1 aromatic rings. The molecule has 8 nitrogen and oxygen atoms in total. The molecule has 2 atom stereocenters. The number of halogens is 1. The first-order valence-electron chi connectivity index (χ1n) is 8.20. The van der Waals surface area contributed by atoms with Gasteiger partial charge in [-0.05, 0) is 17.7 Å². The number of carbonyl (C=O) groups is 3. The number of carboxylic acids is 1. The topological polar surface area (TPSA) is 108 Å². The van der Waals surface area contributed by atoms with Crippen molar-refractivity contribution in [2.24, 2.45) is 5.92 Å². The fraction of sp³-hybridized carbons (Fsp3) is 0.471. The van der Waals surface area contributed by atoms with Gasteiger partial charge in [0.1, 0.15) is 5.82 Å². The van der Waals surface area contributed by atoms with Crippen LogP contribution in [-0.4, -0.2) is 60.3 Å². The lowest BCUT2D eigenvalue weighted by Crippen LogP contribution is -2.48. The zero-order valence-electron chi connectivity index (χ0n) is 14.4. The van der Waals surface area contributed by atoms with E-state index in [9.17, 15) is 14.0 Å². The molecule has 2 aliphatic heterocycles. The largest absolute Gasteiger partial charge is 0.481 e. The molecule has 0 aromatic heterocycles. The number of amides is 3. The Morgan fingerprint density at radius 1 is 1.38 bits per heavy atom. The van der Waals surface area contributed by atoms with Crippen molar-refractivity contribution in [1.29, 1.82) is 0 Å². The summed E-state index contributed by atoms with van der Waals surface area (Å²) in [6.07, 6.45) is 0. The maximum absolute atomic E-state index is 13.1. The van der Waals surface area contributed by atoms with Crippen LogP contribution in [0.4, 0.5) is 9.18 Å². The molecule has 2 bridgehead atoms. The van der Waals surface area contributed by atoms with Gasteiger partial charge in [-0.1, -0.05) is 12.1 Å². The van der Waals surface area contributed by atoms with Crippen LogP contribution >= 0.6 is 0 Å². The average Bonchev–Trinajstić information content (AvgIpc) is 2.80. The molecular weight excluding hydrogens is 345 g/mol. The lowest BCUT2D eigenvalue weighted by molar-refractivity contribution is -0.134. The molecule has 2 fully saturated rings. The Kier molecular flexibility index (Phi) is 6.90. The Morgan fingerprint density at radius 2 is 2.12 bits per heavy atom. The van der Waals surface area contributed by atoms with Crippen molar-refractivity contribution in [1.82, 2.24) is 15.5 Å². The molecule has 3 amide bonds. The molecule has 2 heterocycles. The molecule has 0 aliphatic carbocycles. The van der Waals surface area contributed by atoms with Gasteiger partial charge in [0, 0.05) is 26.6 Å². The molecule has 0 unspecified atom stereocenters. The quantitative estimate of drug-likeness (QED) is 0.708. The molecule has 0 saturated carbocycles. The molecule has 3 rings (SSSR count). The second-order valence-electron chi connectivity index (χ2n) is 6.15. The van der Waals surface area contributed by atoms with E-state index >= 15 is 0 Å². The smallest absolute Gasteiger partial charge is 0.317 e. The normalized spacial score (nSPS) is 21.6. The number of fused-ring (bicyclic) bond motifs is 3. The van der Waals surface area contributed by atoms with Crippen LogP contribution in [0.2, 0.25) is 0 Å². The monoisotopic (exact) mass is 367 g/mol. The number of rotatable bonds is 2. The Hall–Kier alpha value is -2.68. The van der Waals surface area contributed by atoms with Crippen molar-refractivity contribution in [2.75, 3.05) is 26.3 Å². The van der Waals surface area contributed by atoms with Gasteiger partial charge in [0.2, 0.25) is 5.91 Å². The predicted molar refractivity (Wildman–Crippen MR) is 89.8 cm³/mol. The summed E-state index contributed by atoms with van der Waals surface area (Å²) in [6, 6.07) is 5.67. The van der Waals surface area contributed by atoms with Crippen molar-refractivity contribution in [3.8, 4) is 0 Å². The number of aliphatic carboxylic acids is 1. The van der Waals surface area contributed by atoms with Gasteiger partial charge < -0.3 is 25.4 Å². The minimum Gasteiger partial charge on any atom is -0.481 e. The number of nitrogens with one attached hydrogen (secondary N) is 2. The molecule has 0 spiro atoms. The number of carbonyl (C=O) groups excluding carboxylic acids is 2. The summed E-state index contributed by atoms with van der Waals surface area (Å²) in [5.74, 6) is -1.57. The highest BCUT2D eigenvalue weighted by molar-refractivity contribution is 5.82. The molecule has 2 saturated heterocycles. The standard InChI is InChI=1S/C15H18FN3O3.C2H4O2/c16-12-3-1-2-10(4-12)5-17-15(21)19-6-11-8-22-9-13(7-19)18-14(11)20;1-2(3)4/h1-4,11,13H,5-9H2,(H,17,21)(H,18,20);1H3,(H,3,4)/t11-,13+;/m1./s1. The first-order valence-corrected chi connectivity index (χ1v) is 8.20. The first kappa shape index (κ1) is 19.6. The minimum absolute atomic E-state index is 0.0667. The Balaban J connectivity index is 0.000000552. The van der Waals surface area contributed by atoms with E-state index in [-0.39, 0.29) is 36.3 Å². The van der Waals surface area contributed by atoms with Gasteiger partial charge in [0.05, 0.1) is 25.2 Å². The first-order chi connectivity index (χ1) is 12.3. The Bertz CT molecular complexity index is 666. The molecule has 9 heteroatoms. The van der Waals surface area contributed by atoms with Crippen molar-refractivity contribution in [2.45, 2.75) is 19.5 Å². The molecule has 3 N–H and O–H groups in total. The van der Waals surface area contributed by atoms with Crippen LogP contribution in [0.3, 0.4) is 0 Å². The molecule has 1 aromatic carbocycles. The van der Waals surface area contributed by atoms with Crippen LogP contribution < -0.4 is 10.6 Å². The predicted octanol–water partition coefficient (Wildman–Crippen LogP) is 0.573. The molecule has 2 aliphatic rings. The second-order valence-corrected chi connectivity index (χ2v) is 6.15. The SMILES string of the molecule is CC(=O)O.O=C1N[C@@H]2COC[C@H]1CN(C(=O)NCc1cccc(F)c1)C2. The summed E-state index contributed by atoms with van der Waals surface area (Å²) in [7, 11) is 0. The number of nitrogens with zero attached hydrogens (tertiary/aromatic N) is 1. The van der Waals surface area contributed by atoms with Crippen molar-refractivity contribution in [3.63, 3.8) is 0 Å². The van der Waals surface area contributed by atoms with Gasteiger partial charge in [-0.3, -0.25) is 9.59 Å². The van der Waals surface area contributed by atoms with Crippen LogP contribution in [-0.2, 0) is 20.9 Å². The van der Waals surface area contributed by atoms with E-state index in [2.05, 4.69) is 10.6 Å². The third kappa shape index (κ3) is 5.99. The highest BCUT2D eigenvalue weighted by Crippen LogP contribution is 2.14. The maximum atomic E-state index is 13.1. The number of hydrogen-bond donors (Lipinski definition) is 3. The van der Waals surface area contributed by atoms with Crippen molar-refractivity contribution >= 4 is 17.9 Å². The van der Waals surface area contributed by atoms with Crippen molar-refractivity contribution in [3.05, 3.63) is 35.6 Å². The molecule has 0 radical (unpaired) electrons. The number of ether oxygens (including phenoxy) is 1. The summed E-state index contributed by atoms with van der Waals surface area (Å²) < 4.78 is 18.5. The average molecular weight is 367 g/mol. The summed E-state index contributed by atoms with van der Waals surface area (Å²) >= 11 is 0. The zero-order valence-corrected chi connectivity index (χ0v) is 14.4. The molecular formula is C17H22FN3O5. The van der Waals surface area contributed by atoms with E-state index < -0.39 is 5.97 Å². The van der Waals surface area contributed by atoms with Gasteiger partial charge in [-0.15, -0.1) is 0 Å². The van der Waals surface area contributed by atoms with E-state index in [0.29, 0.717) is 31.9 Å².